The average molecular weight is 600 g/mol. The highest BCUT2D eigenvalue weighted by Crippen LogP contribution is 2.38. The van der Waals surface area contributed by atoms with E-state index in [2.05, 4.69) is 20.5 Å². The van der Waals surface area contributed by atoms with Crippen LogP contribution in [-0.4, -0.2) is 57.9 Å². The molecule has 2 aliphatic rings. The third-order valence-electron chi connectivity index (χ3n) is 8.67. The van der Waals surface area contributed by atoms with Crippen LogP contribution < -0.4 is 16.3 Å². The molecule has 2 saturated heterocycles. The zero-order valence-electron chi connectivity index (χ0n) is 25.1. The minimum Gasteiger partial charge on any atom is -0.392 e. The number of amides is 2. The molecule has 3 aromatic carbocycles. The first kappa shape index (κ1) is 30.1. The Labute approximate surface area is 257 Å². The molecule has 4 N–H and O–H groups in total. The first-order valence-electron chi connectivity index (χ1n) is 15.5. The number of para-hydroxylation sites is 2. The van der Waals surface area contributed by atoms with Gasteiger partial charge in [-0.1, -0.05) is 60.7 Å². The number of carbonyl (C=O) groups excluding carboxylic acids is 1. The molecule has 0 bridgehead atoms. The van der Waals surface area contributed by atoms with E-state index in [9.17, 15) is 14.7 Å². The van der Waals surface area contributed by atoms with E-state index in [4.69, 9.17) is 9.47 Å². The molecule has 232 valence electrons. The number of aliphatic hydroxyl groups excluding tert-OH is 1. The highest BCUT2D eigenvalue weighted by Gasteiger charge is 2.34. The Bertz CT molecular complexity index is 1590. The maximum absolute atomic E-state index is 12.8. The normalized spacial score (nSPS) is 21.4. The van der Waals surface area contributed by atoms with Crippen molar-refractivity contribution in [2.24, 2.45) is 0 Å². The monoisotopic (exact) mass is 599 g/mol. The van der Waals surface area contributed by atoms with Gasteiger partial charge in [0.2, 0.25) is 0 Å². The second kappa shape index (κ2) is 13.8. The summed E-state index contributed by atoms with van der Waals surface area (Å²) in [6.07, 6.45) is 1.75. The number of fused-ring (bicyclic) bond motifs is 1. The number of likely N-dealkylation sites (tertiary alicyclic amines) is 1. The van der Waals surface area contributed by atoms with Crippen LogP contribution in [0, 0.1) is 0 Å². The van der Waals surface area contributed by atoms with E-state index in [1.165, 1.54) is 0 Å². The summed E-state index contributed by atoms with van der Waals surface area (Å²) in [5.74, 6) is 0. The zero-order chi connectivity index (χ0) is 30.5. The van der Waals surface area contributed by atoms with Crippen molar-refractivity contribution < 1.29 is 19.4 Å². The van der Waals surface area contributed by atoms with Gasteiger partial charge in [-0.25, -0.2) is 9.59 Å². The maximum Gasteiger partial charge on any atom is 0.326 e. The predicted octanol–water partition coefficient (Wildman–Crippen LogP) is 4.52. The molecular weight excluding hydrogens is 558 g/mol. The highest BCUT2D eigenvalue weighted by atomic mass is 16.7. The Balaban J connectivity index is 1.13. The molecule has 2 amide bonds. The quantitative estimate of drug-likeness (QED) is 0.225. The Hall–Kier alpha value is -3.96. The number of carbonyl (C=O) groups is 1. The fourth-order valence-electron chi connectivity index (χ4n) is 6.32. The van der Waals surface area contributed by atoms with E-state index in [1.54, 1.807) is 0 Å². The summed E-state index contributed by atoms with van der Waals surface area (Å²) in [5, 5.41) is 15.1. The van der Waals surface area contributed by atoms with E-state index >= 15 is 0 Å². The molecule has 44 heavy (non-hydrogen) atoms. The average Bonchev–Trinajstić information content (AvgIpc) is 3.40. The van der Waals surface area contributed by atoms with Crippen molar-refractivity contribution in [3.05, 3.63) is 106 Å². The number of imidazole rings is 1. The number of ether oxygens (including phenoxy) is 2. The number of rotatable bonds is 9. The molecule has 0 radical (unpaired) electrons. The fourth-order valence-corrected chi connectivity index (χ4v) is 6.32. The smallest absolute Gasteiger partial charge is 0.326 e. The number of aromatic nitrogens is 2. The topological polar surface area (TPSA) is 121 Å². The molecular formula is C34H41N5O5. The summed E-state index contributed by atoms with van der Waals surface area (Å²) < 4.78 is 15.0. The van der Waals surface area contributed by atoms with Gasteiger partial charge in [-0.15, -0.1) is 0 Å². The molecule has 2 aliphatic heterocycles. The molecule has 6 rings (SSSR count). The number of piperidine rings is 1. The standard InChI is InChI=1S/C34H41N5O5/c1-2-35-33(41)36-20-23-7-13-26(14-8-23)32-43-28(19-31(44-32)25-11-9-24(22-40)10-12-25)21-38-17-15-27(16-18-38)39-30-6-4-3-5-29(30)37-34(39)42/h3-14,27-28,31-32,40H,2,15-22H2,1H3,(H,37,42)(H2,35,36,41)/t28-,31+,32?/m0/s1. The van der Waals surface area contributed by atoms with Crippen LogP contribution >= 0.6 is 0 Å². The Kier molecular flexibility index (Phi) is 9.42. The van der Waals surface area contributed by atoms with Crippen LogP contribution in [0.1, 0.15) is 66.9 Å². The number of H-pyrrole nitrogens is 1. The van der Waals surface area contributed by atoms with Crippen molar-refractivity contribution in [1.82, 2.24) is 25.1 Å². The van der Waals surface area contributed by atoms with Crippen molar-refractivity contribution >= 4 is 17.1 Å². The number of hydrogen-bond acceptors (Lipinski definition) is 6. The number of nitrogens with one attached hydrogen (secondary N) is 3. The molecule has 10 heteroatoms. The SMILES string of the molecule is CCNC(=O)NCc1ccc(C2O[C@H](CN3CCC(n4c(=O)[nH]c5ccccc54)CC3)C[C@H](c3ccc(CO)cc3)O2)cc1. The van der Waals surface area contributed by atoms with Gasteiger partial charge in [0.25, 0.3) is 0 Å². The van der Waals surface area contributed by atoms with Crippen molar-refractivity contribution in [1.29, 1.82) is 0 Å². The molecule has 3 heterocycles. The second-order valence-electron chi connectivity index (χ2n) is 11.7. The predicted molar refractivity (Wildman–Crippen MR) is 168 cm³/mol. The summed E-state index contributed by atoms with van der Waals surface area (Å²) >= 11 is 0. The van der Waals surface area contributed by atoms with Gasteiger partial charge < -0.3 is 35.1 Å². The summed E-state index contributed by atoms with van der Waals surface area (Å²) in [5.41, 5.74) is 5.63. The Morgan fingerprint density at radius 3 is 2.36 bits per heavy atom. The number of aromatic amines is 1. The van der Waals surface area contributed by atoms with Crippen LogP contribution in [0.3, 0.4) is 0 Å². The molecule has 1 unspecified atom stereocenters. The lowest BCUT2D eigenvalue weighted by Gasteiger charge is -2.40. The molecule has 0 aliphatic carbocycles. The van der Waals surface area contributed by atoms with E-state index in [0.29, 0.717) is 19.5 Å². The molecule has 2 fully saturated rings. The van der Waals surface area contributed by atoms with Gasteiger partial charge in [0.1, 0.15) is 0 Å². The van der Waals surface area contributed by atoms with Gasteiger partial charge in [-0.3, -0.25) is 4.57 Å². The first-order chi connectivity index (χ1) is 21.5. The third-order valence-corrected chi connectivity index (χ3v) is 8.67. The molecule has 10 nitrogen and oxygen atoms in total. The molecule has 0 spiro atoms. The molecule has 0 saturated carbocycles. The highest BCUT2D eigenvalue weighted by molar-refractivity contribution is 5.75. The number of hydrogen-bond donors (Lipinski definition) is 4. The summed E-state index contributed by atoms with van der Waals surface area (Å²) in [6, 6.07) is 23.7. The summed E-state index contributed by atoms with van der Waals surface area (Å²) in [6.45, 7) is 5.43. The van der Waals surface area contributed by atoms with Gasteiger partial charge in [0, 0.05) is 50.7 Å². The minimum atomic E-state index is -0.538. The van der Waals surface area contributed by atoms with Crippen molar-refractivity contribution in [3.8, 4) is 0 Å². The second-order valence-corrected chi connectivity index (χ2v) is 11.7. The van der Waals surface area contributed by atoms with Crippen LogP contribution in [0.2, 0.25) is 0 Å². The first-order valence-corrected chi connectivity index (χ1v) is 15.5. The molecule has 4 aromatic rings. The number of nitrogens with zero attached hydrogens (tertiary/aromatic N) is 2. The fraction of sp³-hybridized carbons (Fsp3) is 0.412. The third kappa shape index (κ3) is 6.89. The summed E-state index contributed by atoms with van der Waals surface area (Å²) in [4.78, 5) is 30.0. The van der Waals surface area contributed by atoms with Crippen LogP contribution in [-0.2, 0) is 22.6 Å². The number of benzene rings is 3. The lowest BCUT2D eigenvalue weighted by molar-refractivity contribution is -0.253. The maximum atomic E-state index is 12.8. The van der Waals surface area contributed by atoms with Crippen LogP contribution in [0.15, 0.2) is 77.6 Å². The van der Waals surface area contributed by atoms with Crippen LogP contribution in [0.25, 0.3) is 11.0 Å². The van der Waals surface area contributed by atoms with Gasteiger partial charge >= 0.3 is 11.7 Å². The molecule has 1 aromatic heterocycles. The number of aliphatic hydroxyl groups is 1. The van der Waals surface area contributed by atoms with Gasteiger partial charge in [0.15, 0.2) is 6.29 Å². The Morgan fingerprint density at radius 1 is 0.932 bits per heavy atom. The van der Waals surface area contributed by atoms with Crippen molar-refractivity contribution in [2.75, 3.05) is 26.2 Å². The lowest BCUT2D eigenvalue weighted by Crippen LogP contribution is -2.43. The van der Waals surface area contributed by atoms with Gasteiger partial charge in [0.05, 0.1) is 29.8 Å². The minimum absolute atomic E-state index is 0.00209. The van der Waals surface area contributed by atoms with Crippen molar-refractivity contribution in [3.63, 3.8) is 0 Å². The van der Waals surface area contributed by atoms with Crippen molar-refractivity contribution in [2.45, 2.75) is 63.9 Å². The summed E-state index contributed by atoms with van der Waals surface area (Å²) in [7, 11) is 0. The van der Waals surface area contributed by atoms with E-state index < -0.39 is 6.29 Å². The van der Waals surface area contributed by atoms with Gasteiger partial charge in [-0.05, 0) is 48.6 Å². The van der Waals surface area contributed by atoms with E-state index in [1.807, 2.05) is 84.3 Å². The van der Waals surface area contributed by atoms with E-state index in [-0.39, 0.29) is 36.6 Å². The lowest BCUT2D eigenvalue weighted by atomic mass is 9.98. The van der Waals surface area contributed by atoms with E-state index in [0.717, 1.165) is 65.8 Å². The molecule has 3 atom stereocenters. The zero-order valence-corrected chi connectivity index (χ0v) is 25.1. The van der Waals surface area contributed by atoms with Crippen LogP contribution in [0.4, 0.5) is 4.79 Å². The van der Waals surface area contributed by atoms with Crippen LogP contribution in [0.5, 0.6) is 0 Å². The van der Waals surface area contributed by atoms with Gasteiger partial charge in [-0.2, -0.15) is 0 Å². The Morgan fingerprint density at radius 2 is 1.64 bits per heavy atom. The largest absolute Gasteiger partial charge is 0.392 e. The number of urea groups is 1.